The summed E-state index contributed by atoms with van der Waals surface area (Å²) < 4.78 is 8.65. The van der Waals surface area contributed by atoms with Crippen molar-refractivity contribution < 1.29 is 4.74 Å². The van der Waals surface area contributed by atoms with E-state index in [1.807, 2.05) is 24.3 Å². The standard InChI is InChI=1S/C37H22N2O/c1-2-9-25(10-3-1)39-32-14-6-4-11-26(32)30-22-24(18-20-33(30)39)23-17-19-31-29(21-23)27-13-8-16-35-36(27)37(38-31)28-12-5-7-15-34(28)40-35/h1-22H. The summed E-state index contributed by atoms with van der Waals surface area (Å²) in [7, 11) is 0. The highest BCUT2D eigenvalue weighted by Crippen LogP contribution is 2.47. The van der Waals surface area contributed by atoms with Gasteiger partial charge in [-0.1, -0.05) is 72.8 Å². The molecule has 3 nitrogen and oxygen atoms in total. The second-order valence-corrected chi connectivity index (χ2v) is 10.4. The lowest BCUT2D eigenvalue weighted by molar-refractivity contribution is 0.486. The molecule has 0 amide bonds. The Bertz CT molecular complexity index is 2300. The van der Waals surface area contributed by atoms with Crippen LogP contribution in [0.2, 0.25) is 0 Å². The van der Waals surface area contributed by atoms with Crippen LogP contribution in [0.4, 0.5) is 0 Å². The van der Waals surface area contributed by atoms with Crippen LogP contribution in [0.15, 0.2) is 133 Å². The van der Waals surface area contributed by atoms with Crippen LogP contribution in [0, 0.1) is 0 Å². The van der Waals surface area contributed by atoms with Gasteiger partial charge in [0.1, 0.15) is 11.5 Å². The summed E-state index contributed by atoms with van der Waals surface area (Å²) in [5, 5.41) is 5.87. The monoisotopic (exact) mass is 510 g/mol. The Morgan fingerprint density at radius 2 is 1.20 bits per heavy atom. The predicted molar refractivity (Wildman–Crippen MR) is 165 cm³/mol. The third-order valence-electron chi connectivity index (χ3n) is 8.16. The zero-order valence-corrected chi connectivity index (χ0v) is 21.5. The molecular weight excluding hydrogens is 488 g/mol. The number of aromatic nitrogens is 2. The molecule has 40 heavy (non-hydrogen) atoms. The Kier molecular flexibility index (Phi) is 4.33. The van der Waals surface area contributed by atoms with E-state index in [0.29, 0.717) is 0 Å². The van der Waals surface area contributed by atoms with Gasteiger partial charge >= 0.3 is 0 Å². The molecule has 1 aliphatic rings. The molecule has 2 aromatic heterocycles. The van der Waals surface area contributed by atoms with E-state index in [2.05, 4.69) is 114 Å². The Labute approximate surface area is 230 Å². The van der Waals surface area contributed by atoms with Crippen molar-refractivity contribution in [3.63, 3.8) is 0 Å². The lowest BCUT2D eigenvalue weighted by Crippen LogP contribution is -1.99. The van der Waals surface area contributed by atoms with Crippen molar-refractivity contribution in [1.82, 2.24) is 9.55 Å². The zero-order valence-electron chi connectivity index (χ0n) is 21.5. The molecule has 0 N–H and O–H groups in total. The van der Waals surface area contributed by atoms with Gasteiger partial charge in [-0.25, -0.2) is 4.98 Å². The van der Waals surface area contributed by atoms with Crippen LogP contribution in [0.3, 0.4) is 0 Å². The van der Waals surface area contributed by atoms with Crippen LogP contribution in [-0.2, 0) is 0 Å². The van der Waals surface area contributed by atoms with Crippen molar-refractivity contribution in [3.05, 3.63) is 133 Å². The second-order valence-electron chi connectivity index (χ2n) is 10.4. The van der Waals surface area contributed by atoms with Crippen molar-refractivity contribution in [2.75, 3.05) is 0 Å². The molecule has 1 aliphatic heterocycles. The molecule has 8 aromatic rings. The van der Waals surface area contributed by atoms with E-state index in [0.717, 1.165) is 44.4 Å². The third-order valence-corrected chi connectivity index (χ3v) is 8.16. The van der Waals surface area contributed by atoms with Crippen LogP contribution in [0.1, 0.15) is 0 Å². The van der Waals surface area contributed by atoms with Crippen LogP contribution in [0.25, 0.3) is 71.6 Å². The fourth-order valence-electron chi connectivity index (χ4n) is 6.36. The molecule has 3 heterocycles. The first kappa shape index (κ1) is 21.5. The molecule has 0 aliphatic carbocycles. The highest BCUT2D eigenvalue weighted by Gasteiger charge is 2.22. The number of rotatable bonds is 2. The van der Waals surface area contributed by atoms with Gasteiger partial charge in [-0.3, -0.25) is 0 Å². The number of pyridine rings is 1. The molecular formula is C37H22N2O. The van der Waals surface area contributed by atoms with Crippen LogP contribution >= 0.6 is 0 Å². The van der Waals surface area contributed by atoms with E-state index in [1.165, 1.54) is 38.6 Å². The third kappa shape index (κ3) is 2.97. The van der Waals surface area contributed by atoms with Crippen LogP contribution < -0.4 is 4.74 Å². The minimum absolute atomic E-state index is 0.855. The lowest BCUT2D eigenvalue weighted by atomic mass is 9.95. The largest absolute Gasteiger partial charge is 0.456 e. The maximum Gasteiger partial charge on any atom is 0.137 e. The molecule has 0 bridgehead atoms. The minimum atomic E-state index is 0.855. The summed E-state index contributed by atoms with van der Waals surface area (Å²) >= 11 is 0. The van der Waals surface area contributed by atoms with E-state index in [4.69, 9.17) is 9.72 Å². The molecule has 0 atom stereocenters. The average Bonchev–Trinajstić information content (AvgIpc) is 3.35. The fraction of sp³-hybridized carbons (Fsp3) is 0. The topological polar surface area (TPSA) is 27.1 Å². The number of fused-ring (bicyclic) bond motifs is 7. The summed E-state index contributed by atoms with van der Waals surface area (Å²) in [6, 6.07) is 47.1. The summed E-state index contributed by atoms with van der Waals surface area (Å²) in [4.78, 5) is 5.15. The number of para-hydroxylation sites is 3. The molecule has 0 radical (unpaired) electrons. The Morgan fingerprint density at radius 3 is 2.12 bits per heavy atom. The van der Waals surface area contributed by atoms with E-state index in [1.54, 1.807) is 0 Å². The smallest absolute Gasteiger partial charge is 0.137 e. The van der Waals surface area contributed by atoms with Gasteiger partial charge in [0.25, 0.3) is 0 Å². The minimum Gasteiger partial charge on any atom is -0.456 e. The van der Waals surface area contributed by atoms with Gasteiger partial charge in [-0.05, 0) is 77.2 Å². The zero-order chi connectivity index (χ0) is 26.2. The van der Waals surface area contributed by atoms with Crippen LogP contribution in [0.5, 0.6) is 11.5 Å². The van der Waals surface area contributed by atoms with Gasteiger partial charge in [0, 0.05) is 27.4 Å². The maximum absolute atomic E-state index is 6.30. The average molecular weight is 511 g/mol. The quantitative estimate of drug-likeness (QED) is 0.216. The van der Waals surface area contributed by atoms with Crippen molar-refractivity contribution >= 4 is 43.5 Å². The molecule has 0 unspecified atom stereocenters. The van der Waals surface area contributed by atoms with Gasteiger partial charge in [0.2, 0.25) is 0 Å². The summed E-state index contributed by atoms with van der Waals surface area (Å²) in [6.07, 6.45) is 0. The highest BCUT2D eigenvalue weighted by molar-refractivity contribution is 6.16. The van der Waals surface area contributed by atoms with E-state index < -0.39 is 0 Å². The lowest BCUT2D eigenvalue weighted by Gasteiger charge is -2.21. The number of ether oxygens (including phenoxy) is 1. The molecule has 3 heteroatoms. The Morgan fingerprint density at radius 1 is 0.500 bits per heavy atom. The maximum atomic E-state index is 6.30. The van der Waals surface area contributed by atoms with Crippen molar-refractivity contribution in [1.29, 1.82) is 0 Å². The van der Waals surface area contributed by atoms with Gasteiger partial charge in [-0.2, -0.15) is 0 Å². The molecule has 186 valence electrons. The van der Waals surface area contributed by atoms with Gasteiger partial charge in [-0.15, -0.1) is 0 Å². The Balaban J connectivity index is 1.27. The normalized spacial score (nSPS) is 12.2. The van der Waals surface area contributed by atoms with Gasteiger partial charge < -0.3 is 9.30 Å². The summed E-state index contributed by atoms with van der Waals surface area (Å²) in [6.45, 7) is 0. The van der Waals surface area contributed by atoms with E-state index >= 15 is 0 Å². The van der Waals surface area contributed by atoms with Crippen molar-refractivity contribution in [2.45, 2.75) is 0 Å². The first-order valence-electron chi connectivity index (χ1n) is 13.6. The van der Waals surface area contributed by atoms with Crippen molar-refractivity contribution in [2.24, 2.45) is 0 Å². The molecule has 0 saturated heterocycles. The predicted octanol–water partition coefficient (Wildman–Crippen LogP) is 9.92. The molecule has 9 rings (SSSR count). The van der Waals surface area contributed by atoms with Gasteiger partial charge in [0.15, 0.2) is 0 Å². The fourth-order valence-corrected chi connectivity index (χ4v) is 6.36. The second kappa shape index (κ2) is 8.05. The number of benzene rings is 6. The van der Waals surface area contributed by atoms with Gasteiger partial charge in [0.05, 0.1) is 27.6 Å². The van der Waals surface area contributed by atoms with E-state index in [9.17, 15) is 0 Å². The number of hydrogen-bond donors (Lipinski definition) is 0. The first-order valence-corrected chi connectivity index (χ1v) is 13.6. The molecule has 6 aromatic carbocycles. The Hall–Kier alpha value is -5.41. The number of nitrogens with zero attached hydrogens (tertiary/aromatic N) is 2. The van der Waals surface area contributed by atoms with Crippen LogP contribution in [-0.4, -0.2) is 9.55 Å². The van der Waals surface area contributed by atoms with E-state index in [-0.39, 0.29) is 0 Å². The SMILES string of the molecule is c1ccc(-n2c3ccccc3c3cc(-c4ccc5nc6c7c(cccc7c5c4)Oc4ccccc4-6)ccc32)cc1. The first-order chi connectivity index (χ1) is 19.8. The molecule has 0 saturated carbocycles. The highest BCUT2D eigenvalue weighted by atomic mass is 16.5. The number of hydrogen-bond acceptors (Lipinski definition) is 2. The van der Waals surface area contributed by atoms with Crippen molar-refractivity contribution in [3.8, 4) is 39.6 Å². The molecule has 0 fully saturated rings. The summed E-state index contributed by atoms with van der Waals surface area (Å²) in [5.41, 5.74) is 8.96. The summed E-state index contributed by atoms with van der Waals surface area (Å²) in [5.74, 6) is 1.72. The molecule has 0 spiro atoms.